The molecule has 0 unspecified atom stereocenters. The SMILES string of the molecule is COc1c(C=Cc2ccc(NS(C)(=O)=O)cc2)cc(-c2ccc(CO)[nH]c2=O)cc1C(C)(C)C. The number of rotatable bonds is 7. The van der Waals surface area contributed by atoms with Gasteiger partial charge >= 0.3 is 0 Å². The topological polar surface area (TPSA) is 108 Å². The normalized spacial score (nSPS) is 12.2. The second-order valence-electron chi connectivity index (χ2n) is 9.11. The van der Waals surface area contributed by atoms with Gasteiger partial charge in [-0.2, -0.15) is 0 Å². The fourth-order valence-corrected chi connectivity index (χ4v) is 4.18. The van der Waals surface area contributed by atoms with Crippen molar-refractivity contribution in [1.82, 2.24) is 4.98 Å². The van der Waals surface area contributed by atoms with Gasteiger partial charge in [-0.3, -0.25) is 9.52 Å². The highest BCUT2D eigenvalue weighted by Gasteiger charge is 2.22. The molecule has 0 atom stereocenters. The fraction of sp³-hybridized carbons (Fsp3) is 0.269. The predicted octanol–water partition coefficient (Wildman–Crippen LogP) is 4.38. The average Bonchev–Trinajstić information content (AvgIpc) is 2.76. The van der Waals surface area contributed by atoms with Crippen LogP contribution in [0.1, 0.15) is 43.2 Å². The molecule has 1 aromatic heterocycles. The molecule has 34 heavy (non-hydrogen) atoms. The highest BCUT2D eigenvalue weighted by molar-refractivity contribution is 7.92. The van der Waals surface area contributed by atoms with Crippen LogP contribution in [-0.2, 0) is 22.0 Å². The van der Waals surface area contributed by atoms with Crippen molar-refractivity contribution >= 4 is 27.9 Å². The molecule has 180 valence electrons. The first-order valence-corrected chi connectivity index (χ1v) is 12.6. The van der Waals surface area contributed by atoms with E-state index in [0.717, 1.165) is 28.5 Å². The summed E-state index contributed by atoms with van der Waals surface area (Å²) in [4.78, 5) is 15.4. The van der Waals surface area contributed by atoms with Gasteiger partial charge in [0.2, 0.25) is 10.0 Å². The van der Waals surface area contributed by atoms with E-state index in [-0.39, 0.29) is 17.6 Å². The molecule has 0 radical (unpaired) electrons. The van der Waals surface area contributed by atoms with Crippen molar-refractivity contribution < 1.29 is 18.3 Å². The van der Waals surface area contributed by atoms with E-state index >= 15 is 0 Å². The molecule has 3 aromatic rings. The lowest BCUT2D eigenvalue weighted by molar-refractivity contribution is 0.276. The summed E-state index contributed by atoms with van der Waals surface area (Å²) in [5.41, 5.74) is 4.27. The molecular formula is C26H30N2O5S. The highest BCUT2D eigenvalue weighted by atomic mass is 32.2. The van der Waals surface area contributed by atoms with Gasteiger partial charge in [-0.1, -0.05) is 45.1 Å². The van der Waals surface area contributed by atoms with Gasteiger partial charge in [0.1, 0.15) is 5.75 Å². The number of anilines is 1. The summed E-state index contributed by atoms with van der Waals surface area (Å²) in [6, 6.07) is 14.3. The van der Waals surface area contributed by atoms with Gasteiger partial charge < -0.3 is 14.8 Å². The number of benzene rings is 2. The van der Waals surface area contributed by atoms with E-state index in [2.05, 4.69) is 30.5 Å². The van der Waals surface area contributed by atoms with Crippen molar-refractivity contribution in [2.24, 2.45) is 0 Å². The molecule has 0 bridgehead atoms. The van der Waals surface area contributed by atoms with E-state index in [0.29, 0.717) is 22.7 Å². The number of aliphatic hydroxyl groups is 1. The van der Waals surface area contributed by atoms with Crippen LogP contribution in [0.2, 0.25) is 0 Å². The Bertz CT molecular complexity index is 1370. The molecule has 0 fully saturated rings. The minimum Gasteiger partial charge on any atom is -0.496 e. The molecule has 7 nitrogen and oxygen atoms in total. The molecule has 3 N–H and O–H groups in total. The maximum atomic E-state index is 12.7. The third-order valence-corrected chi connectivity index (χ3v) is 5.86. The third kappa shape index (κ3) is 6.15. The zero-order valence-electron chi connectivity index (χ0n) is 20.0. The highest BCUT2D eigenvalue weighted by Crippen LogP contribution is 2.38. The van der Waals surface area contributed by atoms with Gasteiger partial charge in [-0.05, 0) is 52.9 Å². The maximum Gasteiger partial charge on any atom is 0.256 e. The molecule has 2 aromatic carbocycles. The molecule has 0 saturated heterocycles. The molecule has 8 heteroatoms. The van der Waals surface area contributed by atoms with E-state index in [1.165, 1.54) is 0 Å². The number of H-pyrrole nitrogens is 1. The summed E-state index contributed by atoms with van der Waals surface area (Å²) in [6.45, 7) is 6.00. The summed E-state index contributed by atoms with van der Waals surface area (Å²) in [5, 5.41) is 9.31. The van der Waals surface area contributed by atoms with Gasteiger partial charge in [0.25, 0.3) is 5.56 Å². The molecule has 0 aliphatic rings. The molecule has 0 aliphatic heterocycles. The minimum atomic E-state index is -3.34. The molecule has 3 rings (SSSR count). The lowest BCUT2D eigenvalue weighted by Gasteiger charge is -2.24. The summed E-state index contributed by atoms with van der Waals surface area (Å²) in [5.74, 6) is 0.714. The number of aliphatic hydroxyl groups excluding tert-OH is 1. The first kappa shape index (κ1) is 25.3. The van der Waals surface area contributed by atoms with Crippen molar-refractivity contribution in [3.63, 3.8) is 0 Å². The Hall–Kier alpha value is -3.36. The van der Waals surface area contributed by atoms with Crippen LogP contribution in [0.25, 0.3) is 23.3 Å². The van der Waals surface area contributed by atoms with Crippen LogP contribution in [-0.4, -0.2) is 31.9 Å². The van der Waals surface area contributed by atoms with Crippen LogP contribution in [0.15, 0.2) is 53.3 Å². The second kappa shape index (κ2) is 9.87. The van der Waals surface area contributed by atoms with Gasteiger partial charge in [0.05, 0.1) is 20.0 Å². The first-order valence-electron chi connectivity index (χ1n) is 10.7. The first-order chi connectivity index (χ1) is 15.9. The number of sulfonamides is 1. The van der Waals surface area contributed by atoms with Crippen LogP contribution in [0.4, 0.5) is 5.69 Å². The van der Waals surface area contributed by atoms with Crippen molar-refractivity contribution in [2.45, 2.75) is 32.8 Å². The monoisotopic (exact) mass is 482 g/mol. The smallest absolute Gasteiger partial charge is 0.256 e. The Kier molecular flexibility index (Phi) is 7.33. The van der Waals surface area contributed by atoms with Gasteiger partial charge in [-0.15, -0.1) is 0 Å². The number of aromatic amines is 1. The van der Waals surface area contributed by atoms with Crippen LogP contribution in [0.3, 0.4) is 0 Å². The molecule has 0 aliphatic carbocycles. The number of hydrogen-bond acceptors (Lipinski definition) is 5. The molecular weight excluding hydrogens is 452 g/mol. The Morgan fingerprint density at radius 2 is 1.74 bits per heavy atom. The summed E-state index contributed by atoms with van der Waals surface area (Å²) in [7, 11) is -1.72. The number of ether oxygens (including phenoxy) is 1. The fourth-order valence-electron chi connectivity index (χ4n) is 3.61. The Balaban J connectivity index is 2.09. The third-order valence-electron chi connectivity index (χ3n) is 5.25. The zero-order valence-corrected chi connectivity index (χ0v) is 20.8. The standard InChI is InChI=1S/C26H30N2O5S/c1-26(2,3)23-15-19(22-13-12-21(16-29)27-25(22)30)14-18(24(23)33-4)9-6-17-7-10-20(11-8-17)28-34(5,31)32/h6-15,28-29H,16H2,1-5H3,(H,27,30). The molecule has 0 spiro atoms. The van der Waals surface area contributed by atoms with Crippen LogP contribution in [0, 0.1) is 0 Å². The van der Waals surface area contributed by atoms with Gasteiger partial charge in [0, 0.05) is 28.1 Å². The van der Waals surface area contributed by atoms with Crippen molar-refractivity contribution in [2.75, 3.05) is 18.1 Å². The number of hydrogen-bond donors (Lipinski definition) is 3. The predicted molar refractivity (Wildman–Crippen MR) is 138 cm³/mol. The van der Waals surface area contributed by atoms with Gasteiger partial charge in [0.15, 0.2) is 0 Å². The van der Waals surface area contributed by atoms with E-state index < -0.39 is 10.0 Å². The number of nitrogens with one attached hydrogen (secondary N) is 2. The lowest BCUT2D eigenvalue weighted by atomic mass is 9.83. The molecule has 0 saturated carbocycles. The summed E-state index contributed by atoms with van der Waals surface area (Å²) >= 11 is 0. The second-order valence-corrected chi connectivity index (χ2v) is 10.9. The molecule has 0 amide bonds. The van der Waals surface area contributed by atoms with E-state index in [1.807, 2.05) is 36.4 Å². The summed E-state index contributed by atoms with van der Waals surface area (Å²) < 4.78 is 31.0. The Morgan fingerprint density at radius 1 is 1.06 bits per heavy atom. The lowest BCUT2D eigenvalue weighted by Crippen LogP contribution is -2.15. The number of aromatic nitrogens is 1. The van der Waals surface area contributed by atoms with Crippen LogP contribution in [0.5, 0.6) is 5.75 Å². The summed E-state index contributed by atoms with van der Waals surface area (Å²) in [6.07, 6.45) is 4.92. The van der Waals surface area contributed by atoms with E-state index in [4.69, 9.17) is 4.74 Å². The van der Waals surface area contributed by atoms with Crippen molar-refractivity contribution in [3.8, 4) is 16.9 Å². The minimum absolute atomic E-state index is 0.238. The zero-order chi connectivity index (χ0) is 25.1. The Morgan fingerprint density at radius 3 is 2.26 bits per heavy atom. The van der Waals surface area contributed by atoms with Crippen molar-refractivity contribution in [3.05, 3.63) is 81.3 Å². The largest absolute Gasteiger partial charge is 0.496 e. The number of pyridine rings is 1. The molecule has 1 heterocycles. The Labute approximate surface area is 200 Å². The van der Waals surface area contributed by atoms with Crippen LogP contribution >= 0.6 is 0 Å². The van der Waals surface area contributed by atoms with E-state index in [1.54, 1.807) is 31.4 Å². The maximum absolute atomic E-state index is 12.7. The van der Waals surface area contributed by atoms with Crippen LogP contribution < -0.4 is 15.0 Å². The van der Waals surface area contributed by atoms with Gasteiger partial charge in [-0.25, -0.2) is 8.42 Å². The average molecular weight is 483 g/mol. The number of methoxy groups -OCH3 is 1. The van der Waals surface area contributed by atoms with Crippen molar-refractivity contribution in [1.29, 1.82) is 0 Å². The quantitative estimate of drug-likeness (QED) is 0.433. The van der Waals surface area contributed by atoms with E-state index in [9.17, 15) is 18.3 Å².